The molecule has 0 spiro atoms. The van der Waals surface area contributed by atoms with Crippen LogP contribution in [0.25, 0.3) is 0 Å². The Balaban J connectivity index is 1.79. The third kappa shape index (κ3) is 2.84. The first-order valence-corrected chi connectivity index (χ1v) is 8.41. The lowest BCUT2D eigenvalue weighted by Gasteiger charge is -2.37. The van der Waals surface area contributed by atoms with E-state index in [0.717, 1.165) is 23.4 Å². The summed E-state index contributed by atoms with van der Waals surface area (Å²) >= 11 is 0. The molecule has 0 saturated heterocycles. The maximum Gasteiger partial charge on any atom is 0.254 e. The van der Waals surface area contributed by atoms with Gasteiger partial charge in [-0.05, 0) is 42.8 Å². The van der Waals surface area contributed by atoms with E-state index in [4.69, 9.17) is 0 Å². The molecular formula is C21H19FN2O. The second-order valence-corrected chi connectivity index (χ2v) is 6.45. The Morgan fingerprint density at radius 2 is 1.88 bits per heavy atom. The Morgan fingerprint density at radius 3 is 2.68 bits per heavy atom. The lowest BCUT2D eigenvalue weighted by Crippen LogP contribution is -2.42. The number of hydrogen-bond acceptors (Lipinski definition) is 1. The molecule has 0 bridgehead atoms. The van der Waals surface area contributed by atoms with Crippen LogP contribution in [0.15, 0.2) is 66.9 Å². The molecule has 0 saturated carbocycles. The fraction of sp³-hybridized carbons (Fsp3) is 0.190. The fourth-order valence-corrected chi connectivity index (χ4v) is 3.58. The van der Waals surface area contributed by atoms with Crippen LogP contribution in [0.1, 0.15) is 33.2 Å². The SMILES string of the molecule is Cc1cccc(C2c3cccn3CCN2C(=O)c2cccc(F)c2)c1. The number of aryl methyl sites for hydroxylation is 1. The van der Waals surface area contributed by atoms with Crippen LogP contribution in [0.4, 0.5) is 4.39 Å². The average molecular weight is 334 g/mol. The van der Waals surface area contributed by atoms with Gasteiger partial charge in [-0.2, -0.15) is 0 Å². The van der Waals surface area contributed by atoms with E-state index in [1.807, 2.05) is 42.3 Å². The summed E-state index contributed by atoms with van der Waals surface area (Å²) in [4.78, 5) is 14.9. The van der Waals surface area contributed by atoms with Crippen LogP contribution in [0, 0.1) is 12.7 Å². The zero-order chi connectivity index (χ0) is 17.4. The summed E-state index contributed by atoms with van der Waals surface area (Å²) in [6.45, 7) is 3.38. The second kappa shape index (κ2) is 6.20. The van der Waals surface area contributed by atoms with Crippen molar-refractivity contribution in [1.29, 1.82) is 0 Å². The molecule has 4 rings (SSSR count). The monoisotopic (exact) mass is 334 g/mol. The molecule has 0 aliphatic carbocycles. The van der Waals surface area contributed by atoms with E-state index in [-0.39, 0.29) is 11.9 Å². The van der Waals surface area contributed by atoms with E-state index < -0.39 is 5.82 Å². The molecule has 1 atom stereocenters. The van der Waals surface area contributed by atoms with Crippen LogP contribution < -0.4 is 0 Å². The summed E-state index contributed by atoms with van der Waals surface area (Å²) in [5, 5.41) is 0. The summed E-state index contributed by atoms with van der Waals surface area (Å²) in [6.07, 6.45) is 2.04. The van der Waals surface area contributed by atoms with Gasteiger partial charge in [0, 0.05) is 30.5 Å². The largest absolute Gasteiger partial charge is 0.348 e. The van der Waals surface area contributed by atoms with E-state index in [1.54, 1.807) is 12.1 Å². The number of benzene rings is 2. The minimum atomic E-state index is -0.390. The molecule has 1 aliphatic heterocycles. The standard InChI is InChI=1S/C21H19FN2O/c1-15-5-2-6-16(13-15)20-19-9-4-10-23(19)11-12-24(20)21(25)17-7-3-8-18(22)14-17/h2-10,13-14,20H,11-12H2,1H3. The van der Waals surface area contributed by atoms with Gasteiger partial charge in [0.05, 0.1) is 6.04 Å². The van der Waals surface area contributed by atoms with Crippen molar-refractivity contribution in [2.45, 2.75) is 19.5 Å². The minimum absolute atomic E-state index is 0.140. The molecule has 3 aromatic rings. The second-order valence-electron chi connectivity index (χ2n) is 6.45. The Labute approximate surface area is 146 Å². The molecule has 3 nitrogen and oxygen atoms in total. The van der Waals surface area contributed by atoms with Crippen LogP contribution >= 0.6 is 0 Å². The molecule has 1 aromatic heterocycles. The molecule has 2 heterocycles. The highest BCUT2D eigenvalue weighted by molar-refractivity contribution is 5.94. The van der Waals surface area contributed by atoms with E-state index in [0.29, 0.717) is 12.1 Å². The van der Waals surface area contributed by atoms with Gasteiger partial charge in [0.25, 0.3) is 5.91 Å². The maximum absolute atomic E-state index is 13.6. The van der Waals surface area contributed by atoms with Crippen molar-refractivity contribution < 1.29 is 9.18 Å². The molecule has 126 valence electrons. The Bertz CT molecular complexity index is 931. The molecule has 0 N–H and O–H groups in total. The molecule has 2 aromatic carbocycles. The number of hydrogen-bond donors (Lipinski definition) is 0. The summed E-state index contributed by atoms with van der Waals surface area (Å²) in [6, 6.07) is 18.0. The van der Waals surface area contributed by atoms with Gasteiger partial charge in [0.2, 0.25) is 0 Å². The number of aromatic nitrogens is 1. The van der Waals surface area contributed by atoms with Crippen molar-refractivity contribution in [1.82, 2.24) is 9.47 Å². The third-order valence-electron chi connectivity index (χ3n) is 4.73. The number of nitrogens with zero attached hydrogens (tertiary/aromatic N) is 2. The van der Waals surface area contributed by atoms with Crippen LogP contribution in [0.3, 0.4) is 0 Å². The van der Waals surface area contributed by atoms with Crippen LogP contribution in [0.2, 0.25) is 0 Å². The number of amides is 1. The summed E-state index contributed by atoms with van der Waals surface area (Å²) < 4.78 is 15.8. The first kappa shape index (κ1) is 15.6. The normalized spacial score (nSPS) is 16.6. The maximum atomic E-state index is 13.6. The van der Waals surface area contributed by atoms with Gasteiger partial charge in [-0.1, -0.05) is 35.9 Å². The van der Waals surface area contributed by atoms with Crippen molar-refractivity contribution in [2.75, 3.05) is 6.54 Å². The third-order valence-corrected chi connectivity index (χ3v) is 4.73. The van der Waals surface area contributed by atoms with Crippen LogP contribution in [-0.2, 0) is 6.54 Å². The quantitative estimate of drug-likeness (QED) is 0.690. The molecule has 1 amide bonds. The van der Waals surface area contributed by atoms with Crippen molar-refractivity contribution in [3.63, 3.8) is 0 Å². The fourth-order valence-electron chi connectivity index (χ4n) is 3.58. The van der Waals surface area contributed by atoms with Crippen molar-refractivity contribution in [3.8, 4) is 0 Å². The van der Waals surface area contributed by atoms with Crippen molar-refractivity contribution in [2.24, 2.45) is 0 Å². The molecule has 4 heteroatoms. The topological polar surface area (TPSA) is 25.2 Å². The molecule has 0 fully saturated rings. The van der Waals surface area contributed by atoms with Gasteiger partial charge in [-0.3, -0.25) is 4.79 Å². The Morgan fingerprint density at radius 1 is 1.04 bits per heavy atom. The first-order chi connectivity index (χ1) is 12.1. The van der Waals surface area contributed by atoms with Crippen LogP contribution in [0.5, 0.6) is 0 Å². The average Bonchev–Trinajstić information content (AvgIpc) is 3.09. The molecule has 1 unspecified atom stereocenters. The van der Waals surface area contributed by atoms with Gasteiger partial charge < -0.3 is 9.47 Å². The zero-order valence-electron chi connectivity index (χ0n) is 14.0. The first-order valence-electron chi connectivity index (χ1n) is 8.41. The van der Waals surface area contributed by atoms with E-state index in [1.165, 1.54) is 12.1 Å². The summed E-state index contributed by atoms with van der Waals surface area (Å²) in [7, 11) is 0. The smallest absolute Gasteiger partial charge is 0.254 e. The minimum Gasteiger partial charge on any atom is -0.348 e. The summed E-state index contributed by atoms with van der Waals surface area (Å²) in [5.74, 6) is -0.531. The van der Waals surface area contributed by atoms with Gasteiger partial charge in [-0.15, -0.1) is 0 Å². The van der Waals surface area contributed by atoms with E-state index in [9.17, 15) is 9.18 Å². The Hall–Kier alpha value is -2.88. The molecule has 25 heavy (non-hydrogen) atoms. The predicted molar refractivity (Wildman–Crippen MR) is 94.9 cm³/mol. The van der Waals surface area contributed by atoms with Crippen molar-refractivity contribution in [3.05, 3.63) is 95.1 Å². The van der Waals surface area contributed by atoms with Gasteiger partial charge in [0.1, 0.15) is 5.82 Å². The molecule has 1 aliphatic rings. The lowest BCUT2D eigenvalue weighted by atomic mass is 9.97. The molecule has 0 radical (unpaired) electrons. The highest BCUT2D eigenvalue weighted by Gasteiger charge is 2.32. The number of halogens is 1. The Kier molecular flexibility index (Phi) is 3.88. The van der Waals surface area contributed by atoms with Gasteiger partial charge in [-0.25, -0.2) is 4.39 Å². The van der Waals surface area contributed by atoms with E-state index >= 15 is 0 Å². The summed E-state index contributed by atoms with van der Waals surface area (Å²) in [5.41, 5.74) is 3.70. The predicted octanol–water partition coefficient (Wildman–Crippen LogP) is 4.18. The zero-order valence-corrected chi connectivity index (χ0v) is 14.0. The number of rotatable bonds is 2. The number of carbonyl (C=O) groups is 1. The lowest BCUT2D eigenvalue weighted by molar-refractivity contribution is 0.0663. The highest BCUT2D eigenvalue weighted by atomic mass is 19.1. The van der Waals surface area contributed by atoms with E-state index in [2.05, 4.69) is 16.7 Å². The van der Waals surface area contributed by atoms with Gasteiger partial charge in [0.15, 0.2) is 0 Å². The number of carbonyl (C=O) groups excluding carboxylic acids is 1. The molecular weight excluding hydrogens is 315 g/mol. The highest BCUT2D eigenvalue weighted by Crippen LogP contribution is 2.33. The van der Waals surface area contributed by atoms with Crippen LogP contribution in [-0.4, -0.2) is 21.9 Å². The van der Waals surface area contributed by atoms with Gasteiger partial charge >= 0.3 is 0 Å². The number of fused-ring (bicyclic) bond motifs is 1. The van der Waals surface area contributed by atoms with Crippen molar-refractivity contribution >= 4 is 5.91 Å².